The second-order valence-electron chi connectivity index (χ2n) is 4.26. The van der Waals surface area contributed by atoms with E-state index in [1.165, 1.54) is 7.11 Å². The molecule has 0 N–H and O–H groups in total. The van der Waals surface area contributed by atoms with Gasteiger partial charge in [-0.25, -0.2) is 0 Å². The Labute approximate surface area is 89.9 Å². The highest BCUT2D eigenvalue weighted by Crippen LogP contribution is 2.34. The summed E-state index contributed by atoms with van der Waals surface area (Å²) in [5.74, 6) is 0.324. The van der Waals surface area contributed by atoms with Gasteiger partial charge in [-0.15, -0.1) is 0 Å². The van der Waals surface area contributed by atoms with Crippen LogP contribution in [0, 0.1) is 11.8 Å². The minimum absolute atomic E-state index is 0.0431. The second-order valence-corrected chi connectivity index (χ2v) is 4.26. The van der Waals surface area contributed by atoms with Crippen molar-refractivity contribution in [2.45, 2.75) is 32.0 Å². The van der Waals surface area contributed by atoms with Crippen LogP contribution in [0.3, 0.4) is 0 Å². The van der Waals surface area contributed by atoms with Crippen LogP contribution >= 0.6 is 0 Å². The van der Waals surface area contributed by atoms with Gasteiger partial charge in [-0.3, -0.25) is 4.79 Å². The normalized spacial score (nSPS) is 32.9. The first-order chi connectivity index (χ1) is 7.31. The predicted molar refractivity (Wildman–Crippen MR) is 53.2 cm³/mol. The number of carbonyl (C=O) groups is 1. The van der Waals surface area contributed by atoms with Crippen molar-refractivity contribution in [3.05, 3.63) is 0 Å². The summed E-state index contributed by atoms with van der Waals surface area (Å²) >= 11 is 0. The molecule has 2 fully saturated rings. The van der Waals surface area contributed by atoms with E-state index in [-0.39, 0.29) is 18.2 Å². The second kappa shape index (κ2) is 4.94. The van der Waals surface area contributed by atoms with Gasteiger partial charge in [0.2, 0.25) is 0 Å². The van der Waals surface area contributed by atoms with E-state index in [4.69, 9.17) is 14.2 Å². The van der Waals surface area contributed by atoms with Gasteiger partial charge in [0.15, 0.2) is 6.29 Å². The molecule has 2 rings (SSSR count). The summed E-state index contributed by atoms with van der Waals surface area (Å²) in [5.41, 5.74) is 0. The standard InChI is InChI=1S/C11H18O4/c1-13-10(12)8-3-2-4-9(7-8)11-14-5-6-15-11/h8-9,11H,2-7H2,1H3. The van der Waals surface area contributed by atoms with Crippen molar-refractivity contribution in [3.8, 4) is 0 Å². The Kier molecular flexibility index (Phi) is 3.59. The third-order valence-electron chi connectivity index (χ3n) is 3.28. The molecule has 0 bridgehead atoms. The maximum Gasteiger partial charge on any atom is 0.308 e. The summed E-state index contributed by atoms with van der Waals surface area (Å²) < 4.78 is 15.7. The van der Waals surface area contributed by atoms with Crippen LogP contribution in [0.1, 0.15) is 25.7 Å². The Hall–Kier alpha value is -0.610. The number of carbonyl (C=O) groups excluding carboxylic acids is 1. The van der Waals surface area contributed by atoms with E-state index in [9.17, 15) is 4.79 Å². The lowest BCUT2D eigenvalue weighted by molar-refractivity contribution is -0.150. The lowest BCUT2D eigenvalue weighted by Gasteiger charge is -2.30. The summed E-state index contributed by atoms with van der Waals surface area (Å²) in [6.45, 7) is 1.37. The molecule has 0 aromatic heterocycles. The van der Waals surface area contributed by atoms with Crippen molar-refractivity contribution < 1.29 is 19.0 Å². The van der Waals surface area contributed by atoms with Gasteiger partial charge in [-0.05, 0) is 19.3 Å². The summed E-state index contributed by atoms with van der Waals surface area (Å²) in [7, 11) is 1.45. The van der Waals surface area contributed by atoms with Gasteiger partial charge in [-0.2, -0.15) is 0 Å². The van der Waals surface area contributed by atoms with Gasteiger partial charge < -0.3 is 14.2 Å². The van der Waals surface area contributed by atoms with Crippen molar-refractivity contribution in [3.63, 3.8) is 0 Å². The van der Waals surface area contributed by atoms with Crippen molar-refractivity contribution in [2.75, 3.05) is 20.3 Å². The number of methoxy groups -OCH3 is 1. The van der Waals surface area contributed by atoms with Crippen LogP contribution in [-0.4, -0.2) is 32.6 Å². The van der Waals surface area contributed by atoms with Gasteiger partial charge in [0.1, 0.15) is 0 Å². The van der Waals surface area contributed by atoms with Gasteiger partial charge in [0.25, 0.3) is 0 Å². The lowest BCUT2D eigenvalue weighted by Crippen LogP contribution is -2.31. The molecule has 2 atom stereocenters. The topological polar surface area (TPSA) is 44.8 Å². The Morgan fingerprint density at radius 1 is 1.27 bits per heavy atom. The molecule has 4 nitrogen and oxygen atoms in total. The van der Waals surface area contributed by atoms with Crippen molar-refractivity contribution in [1.29, 1.82) is 0 Å². The van der Waals surface area contributed by atoms with E-state index >= 15 is 0 Å². The molecule has 0 aromatic rings. The van der Waals surface area contributed by atoms with Crippen LogP contribution in [0.15, 0.2) is 0 Å². The Bertz CT molecular complexity index is 223. The number of rotatable bonds is 2. The fraction of sp³-hybridized carbons (Fsp3) is 0.909. The summed E-state index contributed by atoms with van der Waals surface area (Å²) in [6, 6.07) is 0. The van der Waals surface area contributed by atoms with Crippen LogP contribution in [0.25, 0.3) is 0 Å². The first-order valence-electron chi connectivity index (χ1n) is 5.62. The molecule has 86 valence electrons. The molecule has 1 saturated carbocycles. The van der Waals surface area contributed by atoms with E-state index in [0.29, 0.717) is 19.1 Å². The molecule has 0 amide bonds. The SMILES string of the molecule is COC(=O)C1CCCC(C2OCCO2)C1. The molecule has 0 radical (unpaired) electrons. The molecule has 15 heavy (non-hydrogen) atoms. The van der Waals surface area contributed by atoms with Gasteiger partial charge in [0, 0.05) is 5.92 Å². The monoisotopic (exact) mass is 214 g/mol. The van der Waals surface area contributed by atoms with E-state index in [2.05, 4.69) is 0 Å². The molecular weight excluding hydrogens is 196 g/mol. The Balaban J connectivity index is 1.88. The first-order valence-corrected chi connectivity index (χ1v) is 5.62. The molecule has 2 unspecified atom stereocenters. The summed E-state index contributed by atoms with van der Waals surface area (Å²) in [5, 5.41) is 0. The molecular formula is C11H18O4. The smallest absolute Gasteiger partial charge is 0.308 e. The van der Waals surface area contributed by atoms with Gasteiger partial charge in [0.05, 0.1) is 26.2 Å². The number of ether oxygens (including phenoxy) is 3. The van der Waals surface area contributed by atoms with Gasteiger partial charge >= 0.3 is 5.97 Å². The minimum atomic E-state index is -0.0857. The zero-order valence-corrected chi connectivity index (χ0v) is 9.11. The predicted octanol–water partition coefficient (Wildman–Crippen LogP) is 1.34. The molecule has 1 saturated heterocycles. The third-order valence-corrected chi connectivity index (χ3v) is 3.28. The van der Waals surface area contributed by atoms with E-state index in [1.54, 1.807) is 0 Å². The highest BCUT2D eigenvalue weighted by atomic mass is 16.7. The fourth-order valence-corrected chi connectivity index (χ4v) is 2.50. The minimum Gasteiger partial charge on any atom is -0.469 e. The lowest BCUT2D eigenvalue weighted by atomic mass is 9.81. The number of esters is 1. The molecule has 1 aliphatic heterocycles. The highest BCUT2D eigenvalue weighted by molar-refractivity contribution is 5.72. The maximum atomic E-state index is 11.4. The van der Waals surface area contributed by atoms with E-state index < -0.39 is 0 Å². The number of hydrogen-bond acceptors (Lipinski definition) is 4. The van der Waals surface area contributed by atoms with E-state index in [0.717, 1.165) is 25.7 Å². The quantitative estimate of drug-likeness (QED) is 0.651. The van der Waals surface area contributed by atoms with Crippen LogP contribution in [-0.2, 0) is 19.0 Å². The van der Waals surface area contributed by atoms with Crippen LogP contribution in [0.2, 0.25) is 0 Å². The molecule has 1 heterocycles. The zero-order chi connectivity index (χ0) is 10.7. The van der Waals surface area contributed by atoms with Gasteiger partial charge in [-0.1, -0.05) is 6.42 Å². The number of hydrogen-bond donors (Lipinski definition) is 0. The molecule has 4 heteroatoms. The molecule has 0 spiro atoms. The highest BCUT2D eigenvalue weighted by Gasteiger charge is 2.34. The maximum absolute atomic E-state index is 11.4. The molecule has 2 aliphatic rings. The van der Waals surface area contributed by atoms with E-state index in [1.807, 2.05) is 0 Å². The molecule has 0 aromatic carbocycles. The average Bonchev–Trinajstić information content (AvgIpc) is 2.82. The summed E-state index contributed by atoms with van der Waals surface area (Å²) in [4.78, 5) is 11.4. The summed E-state index contributed by atoms with van der Waals surface area (Å²) in [6.07, 6.45) is 3.86. The Morgan fingerprint density at radius 2 is 2.00 bits per heavy atom. The largest absolute Gasteiger partial charge is 0.469 e. The van der Waals surface area contributed by atoms with Crippen LogP contribution in [0.5, 0.6) is 0 Å². The van der Waals surface area contributed by atoms with Crippen LogP contribution in [0.4, 0.5) is 0 Å². The van der Waals surface area contributed by atoms with Crippen molar-refractivity contribution in [1.82, 2.24) is 0 Å². The van der Waals surface area contributed by atoms with Crippen molar-refractivity contribution in [2.24, 2.45) is 11.8 Å². The van der Waals surface area contributed by atoms with Crippen LogP contribution < -0.4 is 0 Å². The fourth-order valence-electron chi connectivity index (χ4n) is 2.50. The first kappa shape index (κ1) is 10.9. The van der Waals surface area contributed by atoms with Crippen molar-refractivity contribution >= 4 is 5.97 Å². The molecule has 1 aliphatic carbocycles. The third kappa shape index (κ3) is 2.49. The average molecular weight is 214 g/mol. The zero-order valence-electron chi connectivity index (χ0n) is 9.11. The Morgan fingerprint density at radius 3 is 2.67 bits per heavy atom.